The van der Waals surface area contributed by atoms with Gasteiger partial charge in [-0.3, -0.25) is 4.79 Å². The summed E-state index contributed by atoms with van der Waals surface area (Å²) in [5.74, 6) is 4.04. The Labute approximate surface area is 117 Å². The number of carbonyl (C=O) groups excluding carboxylic acids is 1. The van der Waals surface area contributed by atoms with Gasteiger partial charge in [0.2, 0.25) is 0 Å². The molecule has 1 amide bonds. The van der Waals surface area contributed by atoms with Crippen LogP contribution >= 0.6 is 0 Å². The van der Waals surface area contributed by atoms with Crippen molar-refractivity contribution in [2.24, 2.45) is 0 Å². The Hall–Kier alpha value is -1.90. The lowest BCUT2D eigenvalue weighted by molar-refractivity contribution is 0.0934. The van der Waals surface area contributed by atoms with E-state index < -0.39 is 11.7 Å². The van der Waals surface area contributed by atoms with Crippen LogP contribution in [-0.4, -0.2) is 48.7 Å². The van der Waals surface area contributed by atoms with E-state index in [1.807, 2.05) is 7.05 Å². The molecule has 2 rings (SSSR count). The molecule has 0 aromatic heterocycles. The maximum atomic E-state index is 13.9. The summed E-state index contributed by atoms with van der Waals surface area (Å²) in [7, 11) is 1.99. The van der Waals surface area contributed by atoms with Crippen LogP contribution in [0.1, 0.15) is 22.3 Å². The molecule has 1 aromatic carbocycles. The highest BCUT2D eigenvalue weighted by Crippen LogP contribution is 2.12. The van der Waals surface area contributed by atoms with Crippen molar-refractivity contribution in [1.82, 2.24) is 10.2 Å². The van der Waals surface area contributed by atoms with E-state index >= 15 is 0 Å². The molecule has 4 nitrogen and oxygen atoms in total. The van der Waals surface area contributed by atoms with Gasteiger partial charge in [0, 0.05) is 18.2 Å². The van der Waals surface area contributed by atoms with Gasteiger partial charge in [0.15, 0.2) is 0 Å². The van der Waals surface area contributed by atoms with Gasteiger partial charge in [0.05, 0.1) is 5.56 Å². The second-order valence-electron chi connectivity index (χ2n) is 4.88. The van der Waals surface area contributed by atoms with Crippen LogP contribution in [0.5, 0.6) is 0 Å². The van der Waals surface area contributed by atoms with Gasteiger partial charge in [-0.2, -0.15) is 0 Å². The van der Waals surface area contributed by atoms with Crippen LogP contribution in [0.3, 0.4) is 0 Å². The molecule has 1 unspecified atom stereocenters. The molecular formula is C15H17FN2O2. The van der Waals surface area contributed by atoms with Gasteiger partial charge in [-0.15, -0.1) is 0 Å². The summed E-state index contributed by atoms with van der Waals surface area (Å²) in [4.78, 5) is 14.1. The molecule has 1 aliphatic rings. The van der Waals surface area contributed by atoms with Crippen LogP contribution in [0.4, 0.5) is 4.39 Å². The Bertz CT molecular complexity index is 563. The Morgan fingerprint density at radius 3 is 3.00 bits per heavy atom. The average Bonchev–Trinajstić information content (AvgIpc) is 2.81. The van der Waals surface area contributed by atoms with Crippen LogP contribution in [-0.2, 0) is 0 Å². The fourth-order valence-electron chi connectivity index (χ4n) is 2.23. The molecule has 0 radical (unpaired) electrons. The van der Waals surface area contributed by atoms with E-state index in [9.17, 15) is 9.18 Å². The summed E-state index contributed by atoms with van der Waals surface area (Å²) in [5.41, 5.74) is 0.461. The normalized spacial score (nSPS) is 18.4. The standard InChI is InChI=1S/C15H17FN2O2/c1-18-7-6-12(10-18)17-15(20)13-5-4-11(3-2-8-19)9-14(13)16/h4-5,9,12,19H,6-8,10H2,1H3,(H,17,20). The monoisotopic (exact) mass is 276 g/mol. The van der Waals surface area contributed by atoms with Gasteiger partial charge in [-0.25, -0.2) is 4.39 Å². The number of aliphatic hydroxyl groups is 1. The number of nitrogens with one attached hydrogen (secondary N) is 1. The molecule has 5 heteroatoms. The van der Waals surface area contributed by atoms with Gasteiger partial charge in [0.25, 0.3) is 5.91 Å². The zero-order valence-electron chi connectivity index (χ0n) is 11.3. The molecule has 1 aliphatic heterocycles. The molecule has 1 fully saturated rings. The largest absolute Gasteiger partial charge is 0.384 e. The number of benzene rings is 1. The third-order valence-corrected chi connectivity index (χ3v) is 3.25. The number of likely N-dealkylation sites (N-methyl/N-ethyl adjacent to an activating group) is 1. The van der Waals surface area contributed by atoms with E-state index in [1.165, 1.54) is 12.1 Å². The summed E-state index contributed by atoms with van der Waals surface area (Å²) in [6.07, 6.45) is 0.879. The summed E-state index contributed by atoms with van der Waals surface area (Å²) < 4.78 is 13.9. The van der Waals surface area contributed by atoms with Crippen LogP contribution in [0, 0.1) is 17.7 Å². The van der Waals surface area contributed by atoms with Gasteiger partial charge in [-0.1, -0.05) is 11.8 Å². The number of rotatable bonds is 2. The molecule has 0 saturated carbocycles. The molecule has 106 valence electrons. The molecule has 1 heterocycles. The summed E-state index contributed by atoms with van der Waals surface area (Å²) >= 11 is 0. The van der Waals surface area contributed by atoms with Crippen molar-refractivity contribution < 1.29 is 14.3 Å². The lowest BCUT2D eigenvalue weighted by atomic mass is 10.1. The van der Waals surface area contributed by atoms with Gasteiger partial charge in [-0.05, 0) is 38.2 Å². The van der Waals surface area contributed by atoms with E-state index in [0.29, 0.717) is 5.56 Å². The lowest BCUT2D eigenvalue weighted by Crippen LogP contribution is -2.36. The molecule has 0 spiro atoms. The quantitative estimate of drug-likeness (QED) is 0.778. The minimum Gasteiger partial charge on any atom is -0.384 e. The van der Waals surface area contributed by atoms with Crippen molar-refractivity contribution in [2.75, 3.05) is 26.7 Å². The van der Waals surface area contributed by atoms with Crippen LogP contribution < -0.4 is 5.32 Å². The summed E-state index contributed by atoms with van der Waals surface area (Å²) in [6, 6.07) is 4.27. The number of aliphatic hydroxyl groups excluding tert-OH is 1. The number of likely N-dealkylation sites (tertiary alicyclic amines) is 1. The van der Waals surface area contributed by atoms with E-state index in [-0.39, 0.29) is 18.2 Å². The Kier molecular flexibility index (Phi) is 4.72. The highest BCUT2D eigenvalue weighted by molar-refractivity contribution is 5.94. The maximum absolute atomic E-state index is 13.9. The molecule has 0 aliphatic carbocycles. The molecule has 1 atom stereocenters. The fraction of sp³-hybridized carbons (Fsp3) is 0.400. The van der Waals surface area contributed by atoms with Crippen molar-refractivity contribution in [3.63, 3.8) is 0 Å². The van der Waals surface area contributed by atoms with E-state index in [0.717, 1.165) is 19.5 Å². The number of nitrogens with zero attached hydrogens (tertiary/aromatic N) is 1. The van der Waals surface area contributed by atoms with Crippen molar-refractivity contribution in [3.05, 3.63) is 35.1 Å². The summed E-state index contributed by atoms with van der Waals surface area (Å²) in [6.45, 7) is 1.44. The highest BCUT2D eigenvalue weighted by Gasteiger charge is 2.22. The first-order chi connectivity index (χ1) is 9.60. The van der Waals surface area contributed by atoms with Gasteiger partial charge >= 0.3 is 0 Å². The molecular weight excluding hydrogens is 259 g/mol. The first-order valence-electron chi connectivity index (χ1n) is 6.49. The Balaban J connectivity index is 2.06. The maximum Gasteiger partial charge on any atom is 0.254 e. The number of hydrogen-bond donors (Lipinski definition) is 2. The topological polar surface area (TPSA) is 52.6 Å². The third-order valence-electron chi connectivity index (χ3n) is 3.25. The summed E-state index contributed by atoms with van der Waals surface area (Å²) in [5, 5.41) is 11.4. The Morgan fingerprint density at radius 2 is 2.40 bits per heavy atom. The van der Waals surface area contributed by atoms with Crippen molar-refractivity contribution >= 4 is 5.91 Å². The molecule has 1 saturated heterocycles. The number of amides is 1. The molecule has 1 aromatic rings. The molecule has 20 heavy (non-hydrogen) atoms. The average molecular weight is 276 g/mol. The smallest absolute Gasteiger partial charge is 0.254 e. The number of carbonyl (C=O) groups is 1. The predicted molar refractivity (Wildman–Crippen MR) is 73.7 cm³/mol. The van der Waals surface area contributed by atoms with Crippen LogP contribution in [0.25, 0.3) is 0 Å². The second-order valence-corrected chi connectivity index (χ2v) is 4.88. The Morgan fingerprint density at radius 1 is 1.60 bits per heavy atom. The van der Waals surface area contributed by atoms with E-state index in [2.05, 4.69) is 22.1 Å². The fourth-order valence-corrected chi connectivity index (χ4v) is 2.23. The zero-order chi connectivity index (χ0) is 14.5. The van der Waals surface area contributed by atoms with Crippen molar-refractivity contribution in [2.45, 2.75) is 12.5 Å². The third kappa shape index (κ3) is 3.56. The second kappa shape index (κ2) is 6.51. The zero-order valence-corrected chi connectivity index (χ0v) is 11.3. The molecule has 0 bridgehead atoms. The minimum absolute atomic E-state index is 0.0223. The van der Waals surface area contributed by atoms with Gasteiger partial charge in [0.1, 0.15) is 12.4 Å². The lowest BCUT2D eigenvalue weighted by Gasteiger charge is -2.13. The van der Waals surface area contributed by atoms with E-state index in [1.54, 1.807) is 6.07 Å². The van der Waals surface area contributed by atoms with Crippen molar-refractivity contribution in [1.29, 1.82) is 0 Å². The SMILES string of the molecule is CN1CCC(NC(=O)c2ccc(C#CCO)cc2F)C1. The number of hydrogen-bond acceptors (Lipinski definition) is 3. The molecule has 2 N–H and O–H groups in total. The van der Waals surface area contributed by atoms with Crippen molar-refractivity contribution in [3.8, 4) is 11.8 Å². The first kappa shape index (κ1) is 14.5. The van der Waals surface area contributed by atoms with Crippen LogP contribution in [0.2, 0.25) is 0 Å². The first-order valence-corrected chi connectivity index (χ1v) is 6.49. The minimum atomic E-state index is -0.599. The van der Waals surface area contributed by atoms with Gasteiger partial charge < -0.3 is 15.3 Å². The predicted octanol–water partition coefficient (Wildman–Crippen LogP) is 0.603. The number of halogens is 1. The van der Waals surface area contributed by atoms with Crippen LogP contribution in [0.15, 0.2) is 18.2 Å². The van der Waals surface area contributed by atoms with E-state index in [4.69, 9.17) is 5.11 Å². The highest BCUT2D eigenvalue weighted by atomic mass is 19.1.